The molecule has 0 aromatic heterocycles. The molecule has 4 aliphatic rings. The zero-order valence-electron chi connectivity index (χ0n) is 21.8. The second kappa shape index (κ2) is 10.3. The SMILES string of the molecule is COc1cccc(NC(=O)C2C3C=CC4(O3)C2C(=O)N(Cc2ccccc2Cl)C4C(=O)NC2CCCCC2)c1. The van der Waals surface area contributed by atoms with Crippen LogP contribution in [0, 0.1) is 11.8 Å². The van der Waals surface area contributed by atoms with Crippen LogP contribution in [0.15, 0.2) is 60.7 Å². The van der Waals surface area contributed by atoms with E-state index in [4.69, 9.17) is 21.1 Å². The lowest BCUT2D eigenvalue weighted by Crippen LogP contribution is -2.56. The Hall–Kier alpha value is -3.36. The summed E-state index contributed by atoms with van der Waals surface area (Å²) in [5.41, 5.74) is 0.0680. The molecular formula is C30H32ClN3O5. The minimum absolute atomic E-state index is 0.0636. The van der Waals surface area contributed by atoms with E-state index in [-0.39, 0.29) is 30.3 Å². The van der Waals surface area contributed by atoms with E-state index >= 15 is 0 Å². The van der Waals surface area contributed by atoms with Crippen LogP contribution in [0.4, 0.5) is 5.69 Å². The van der Waals surface area contributed by atoms with Crippen LogP contribution in [-0.2, 0) is 25.7 Å². The number of benzene rings is 2. The van der Waals surface area contributed by atoms with Crippen molar-refractivity contribution in [3.05, 3.63) is 71.3 Å². The van der Waals surface area contributed by atoms with Gasteiger partial charge in [-0.25, -0.2) is 0 Å². The van der Waals surface area contributed by atoms with Crippen molar-refractivity contribution in [2.45, 2.75) is 62.4 Å². The number of carbonyl (C=O) groups is 3. The number of nitrogens with zero attached hydrogens (tertiary/aromatic N) is 1. The van der Waals surface area contributed by atoms with Gasteiger partial charge < -0.3 is 25.0 Å². The van der Waals surface area contributed by atoms with Crippen LogP contribution in [0.3, 0.4) is 0 Å². The predicted molar refractivity (Wildman–Crippen MR) is 146 cm³/mol. The number of hydrogen-bond donors (Lipinski definition) is 2. The summed E-state index contributed by atoms with van der Waals surface area (Å²) in [6.45, 7) is 0.144. The molecule has 39 heavy (non-hydrogen) atoms. The largest absolute Gasteiger partial charge is 0.497 e. The Morgan fingerprint density at radius 3 is 2.67 bits per heavy atom. The van der Waals surface area contributed by atoms with Gasteiger partial charge in [-0.3, -0.25) is 14.4 Å². The molecule has 3 heterocycles. The Labute approximate surface area is 232 Å². The van der Waals surface area contributed by atoms with E-state index in [1.165, 1.54) is 0 Å². The third kappa shape index (κ3) is 4.49. The maximum absolute atomic E-state index is 14.2. The maximum atomic E-state index is 14.2. The molecule has 204 valence electrons. The lowest BCUT2D eigenvalue weighted by atomic mass is 9.74. The molecule has 5 atom stereocenters. The summed E-state index contributed by atoms with van der Waals surface area (Å²) < 4.78 is 11.7. The van der Waals surface area contributed by atoms with Crippen LogP contribution >= 0.6 is 11.6 Å². The van der Waals surface area contributed by atoms with Crippen LogP contribution < -0.4 is 15.4 Å². The van der Waals surface area contributed by atoms with Gasteiger partial charge in [0.15, 0.2) is 0 Å². The molecule has 6 rings (SSSR count). The van der Waals surface area contributed by atoms with Crippen molar-refractivity contribution in [3.63, 3.8) is 0 Å². The number of likely N-dealkylation sites (tertiary alicyclic amines) is 1. The molecule has 2 N–H and O–H groups in total. The Balaban J connectivity index is 1.33. The van der Waals surface area contributed by atoms with Gasteiger partial charge in [-0.1, -0.05) is 67.3 Å². The number of carbonyl (C=O) groups excluding carboxylic acids is 3. The lowest BCUT2D eigenvalue weighted by molar-refractivity contribution is -0.142. The van der Waals surface area contributed by atoms with Crippen molar-refractivity contribution < 1.29 is 23.9 Å². The Morgan fingerprint density at radius 2 is 1.90 bits per heavy atom. The molecule has 1 aliphatic carbocycles. The van der Waals surface area contributed by atoms with Gasteiger partial charge in [0.2, 0.25) is 17.7 Å². The molecular weight excluding hydrogens is 518 g/mol. The maximum Gasteiger partial charge on any atom is 0.246 e. The summed E-state index contributed by atoms with van der Waals surface area (Å²) in [7, 11) is 1.56. The predicted octanol–water partition coefficient (Wildman–Crippen LogP) is 4.09. The Morgan fingerprint density at radius 1 is 1.10 bits per heavy atom. The van der Waals surface area contributed by atoms with Crippen molar-refractivity contribution >= 4 is 35.0 Å². The number of rotatable bonds is 7. The van der Waals surface area contributed by atoms with Gasteiger partial charge in [0.05, 0.1) is 25.0 Å². The van der Waals surface area contributed by atoms with Gasteiger partial charge in [-0.05, 0) is 36.6 Å². The number of anilines is 1. The van der Waals surface area contributed by atoms with Crippen LogP contribution in [0.5, 0.6) is 5.75 Å². The van der Waals surface area contributed by atoms with Crippen molar-refractivity contribution in [2.75, 3.05) is 12.4 Å². The summed E-state index contributed by atoms with van der Waals surface area (Å²) in [5, 5.41) is 6.65. The molecule has 3 fully saturated rings. The van der Waals surface area contributed by atoms with Gasteiger partial charge in [-0.2, -0.15) is 0 Å². The first kappa shape index (κ1) is 25.9. The molecule has 3 aliphatic heterocycles. The number of hydrogen-bond acceptors (Lipinski definition) is 5. The Bertz CT molecular complexity index is 1330. The lowest BCUT2D eigenvalue weighted by Gasteiger charge is -2.34. The fourth-order valence-corrected chi connectivity index (χ4v) is 6.90. The fourth-order valence-electron chi connectivity index (χ4n) is 6.70. The number of halogens is 1. The minimum Gasteiger partial charge on any atom is -0.497 e. The van der Waals surface area contributed by atoms with Crippen molar-refractivity contribution in [3.8, 4) is 5.75 Å². The highest BCUT2D eigenvalue weighted by molar-refractivity contribution is 6.31. The molecule has 1 saturated carbocycles. The summed E-state index contributed by atoms with van der Waals surface area (Å²) in [6.07, 6.45) is 8.17. The summed E-state index contributed by atoms with van der Waals surface area (Å²) >= 11 is 6.47. The van der Waals surface area contributed by atoms with E-state index in [2.05, 4.69) is 10.6 Å². The van der Waals surface area contributed by atoms with Gasteiger partial charge >= 0.3 is 0 Å². The van der Waals surface area contributed by atoms with E-state index in [9.17, 15) is 14.4 Å². The van der Waals surface area contributed by atoms with Crippen LogP contribution in [0.2, 0.25) is 5.02 Å². The van der Waals surface area contributed by atoms with Crippen molar-refractivity contribution in [1.29, 1.82) is 0 Å². The summed E-state index contributed by atoms with van der Waals surface area (Å²) in [4.78, 5) is 43.3. The normalized spacial score (nSPS) is 29.4. The smallest absolute Gasteiger partial charge is 0.246 e. The second-order valence-electron chi connectivity index (χ2n) is 10.8. The number of methoxy groups -OCH3 is 1. The molecule has 2 aromatic rings. The molecule has 8 nitrogen and oxygen atoms in total. The molecule has 9 heteroatoms. The summed E-state index contributed by atoms with van der Waals surface area (Å²) in [6, 6.07) is 13.5. The van der Waals surface area contributed by atoms with Crippen LogP contribution in [-0.4, -0.2) is 53.5 Å². The molecule has 0 radical (unpaired) electrons. The first-order valence-electron chi connectivity index (χ1n) is 13.6. The Kier molecular flexibility index (Phi) is 6.85. The minimum atomic E-state index is -1.22. The monoisotopic (exact) mass is 549 g/mol. The number of nitrogens with one attached hydrogen (secondary N) is 2. The first-order valence-corrected chi connectivity index (χ1v) is 14.0. The molecule has 1 spiro atoms. The van der Waals surface area contributed by atoms with Crippen LogP contribution in [0.25, 0.3) is 0 Å². The average Bonchev–Trinajstić information content (AvgIpc) is 3.58. The van der Waals surface area contributed by atoms with Gasteiger partial charge in [-0.15, -0.1) is 0 Å². The fraction of sp³-hybridized carbons (Fsp3) is 0.433. The third-order valence-electron chi connectivity index (χ3n) is 8.51. The quantitative estimate of drug-likeness (QED) is 0.507. The molecule has 3 amide bonds. The first-order chi connectivity index (χ1) is 18.9. The average molecular weight is 550 g/mol. The van der Waals surface area contributed by atoms with Crippen LogP contribution in [0.1, 0.15) is 37.7 Å². The topological polar surface area (TPSA) is 97.0 Å². The summed E-state index contributed by atoms with van der Waals surface area (Å²) in [5.74, 6) is -1.86. The highest BCUT2D eigenvalue weighted by Gasteiger charge is 2.72. The van der Waals surface area contributed by atoms with E-state index in [0.29, 0.717) is 16.5 Å². The van der Waals surface area contributed by atoms with Crippen molar-refractivity contribution in [1.82, 2.24) is 10.2 Å². The second-order valence-corrected chi connectivity index (χ2v) is 11.2. The molecule has 5 unspecified atom stereocenters. The van der Waals surface area contributed by atoms with Crippen molar-refractivity contribution in [2.24, 2.45) is 11.8 Å². The van der Waals surface area contributed by atoms with Gasteiger partial charge in [0.25, 0.3) is 0 Å². The van der Waals surface area contributed by atoms with E-state index in [1.54, 1.807) is 42.3 Å². The van der Waals surface area contributed by atoms with Gasteiger partial charge in [0, 0.05) is 29.4 Å². The van der Waals surface area contributed by atoms with Gasteiger partial charge in [0.1, 0.15) is 17.4 Å². The molecule has 2 aromatic carbocycles. The highest BCUT2D eigenvalue weighted by atomic mass is 35.5. The molecule has 2 bridgehead atoms. The van der Waals surface area contributed by atoms with E-state index < -0.39 is 29.6 Å². The van der Waals surface area contributed by atoms with E-state index in [1.807, 2.05) is 30.4 Å². The number of fused-ring (bicyclic) bond motifs is 1. The van der Waals surface area contributed by atoms with E-state index in [0.717, 1.165) is 37.7 Å². The highest BCUT2D eigenvalue weighted by Crippen LogP contribution is 2.55. The third-order valence-corrected chi connectivity index (χ3v) is 8.88. The standard InChI is InChI=1S/C30H32ClN3O5/c1-38-21-12-7-11-20(16-21)33-27(35)24-23-14-15-30(39-23)25(24)29(37)34(17-18-8-5-6-13-22(18)31)26(30)28(36)32-19-9-3-2-4-10-19/h5-8,11-16,19,23-26H,2-4,9-10,17H2,1H3,(H,32,36)(H,33,35). The zero-order valence-corrected chi connectivity index (χ0v) is 22.5. The molecule has 2 saturated heterocycles. The zero-order chi connectivity index (χ0) is 27.1. The number of ether oxygens (including phenoxy) is 2. The number of amides is 3.